The van der Waals surface area contributed by atoms with Crippen LogP contribution in [0.1, 0.15) is 35.2 Å². The third-order valence-electron chi connectivity index (χ3n) is 6.66. The number of carbonyl (C=O) groups excluding carboxylic acids is 2. The third kappa shape index (κ3) is 3.74. The van der Waals surface area contributed by atoms with Gasteiger partial charge in [0.15, 0.2) is 0 Å². The molecule has 3 aliphatic heterocycles. The number of likely N-dealkylation sites (tertiary alicyclic amines) is 1. The highest BCUT2D eigenvalue weighted by molar-refractivity contribution is 6.02. The summed E-state index contributed by atoms with van der Waals surface area (Å²) < 4.78 is 11.5. The number of carbonyl (C=O) groups is 2. The molecule has 3 heterocycles. The number of rotatable bonds is 3. The Morgan fingerprint density at radius 1 is 1.13 bits per heavy atom. The fraction of sp³-hybridized carbons (Fsp3) is 0.417. The molecule has 162 valence electrons. The van der Waals surface area contributed by atoms with Crippen LogP contribution in [0.4, 0.5) is 5.69 Å². The molecule has 2 spiro atoms. The Bertz CT molecular complexity index is 1020. The van der Waals surface area contributed by atoms with Crippen molar-refractivity contribution in [3.05, 3.63) is 59.7 Å². The van der Waals surface area contributed by atoms with Gasteiger partial charge in [-0.05, 0) is 42.7 Å². The van der Waals surface area contributed by atoms with Crippen LogP contribution in [0.3, 0.4) is 0 Å². The van der Waals surface area contributed by atoms with Crippen LogP contribution in [0, 0.1) is 0 Å². The highest BCUT2D eigenvalue weighted by Crippen LogP contribution is 2.42. The molecule has 2 aromatic carbocycles. The Morgan fingerprint density at radius 2 is 1.94 bits per heavy atom. The molecule has 0 radical (unpaired) electrons. The van der Waals surface area contributed by atoms with Gasteiger partial charge in [0, 0.05) is 25.2 Å². The van der Waals surface area contributed by atoms with Gasteiger partial charge >= 0.3 is 0 Å². The van der Waals surface area contributed by atoms with E-state index < -0.39 is 5.66 Å². The van der Waals surface area contributed by atoms with Crippen LogP contribution < -0.4 is 15.4 Å². The molecule has 0 aliphatic carbocycles. The lowest BCUT2D eigenvalue weighted by Gasteiger charge is -2.41. The Morgan fingerprint density at radius 3 is 2.74 bits per heavy atom. The molecule has 2 amide bonds. The Kier molecular flexibility index (Phi) is 4.85. The minimum atomic E-state index is -0.585. The molecule has 0 saturated carbocycles. The summed E-state index contributed by atoms with van der Waals surface area (Å²) in [6, 6.07) is 15.2. The Balaban J connectivity index is 1.22. The second-order valence-electron chi connectivity index (χ2n) is 8.76. The standard InChI is InChI=1S/C24H27N3O4/c1-30-18-6-4-5-17(13-18)14-21(28)27-11-9-23(10-12-27)15-24(16-31-23)25-20-8-3-2-7-19(20)22(29)26-24/h2-8,13,25H,9-12,14-16H2,1H3,(H,26,29)/t24-/m1/s1. The number of piperidine rings is 1. The van der Waals surface area contributed by atoms with Gasteiger partial charge in [-0.25, -0.2) is 0 Å². The Labute approximate surface area is 181 Å². The normalized spacial score (nSPS) is 23.9. The monoisotopic (exact) mass is 421 g/mol. The maximum atomic E-state index is 12.8. The number of amides is 2. The first-order valence-corrected chi connectivity index (χ1v) is 10.7. The van der Waals surface area contributed by atoms with Crippen LogP contribution in [-0.2, 0) is 16.0 Å². The number of para-hydroxylation sites is 1. The largest absolute Gasteiger partial charge is 0.497 e. The van der Waals surface area contributed by atoms with Gasteiger partial charge in [0.05, 0.1) is 31.3 Å². The molecule has 1 atom stereocenters. The van der Waals surface area contributed by atoms with Crippen LogP contribution in [0.15, 0.2) is 48.5 Å². The SMILES string of the molecule is COc1cccc(CC(=O)N2CCC3(CC2)C[C@]2(CO3)NC(=O)c3ccccc3N2)c1. The quantitative estimate of drug-likeness (QED) is 0.796. The minimum Gasteiger partial charge on any atom is -0.497 e. The molecular weight excluding hydrogens is 394 g/mol. The van der Waals surface area contributed by atoms with Crippen LogP contribution >= 0.6 is 0 Å². The fourth-order valence-electron chi connectivity index (χ4n) is 5.01. The summed E-state index contributed by atoms with van der Waals surface area (Å²) in [5, 5.41) is 6.63. The van der Waals surface area contributed by atoms with Crippen molar-refractivity contribution in [3.63, 3.8) is 0 Å². The average Bonchev–Trinajstić information content (AvgIpc) is 3.11. The minimum absolute atomic E-state index is 0.0686. The van der Waals surface area contributed by atoms with Crippen molar-refractivity contribution in [1.82, 2.24) is 10.2 Å². The lowest BCUT2D eigenvalue weighted by molar-refractivity contribution is -0.135. The fourth-order valence-corrected chi connectivity index (χ4v) is 5.01. The van der Waals surface area contributed by atoms with E-state index in [1.54, 1.807) is 7.11 Å². The number of hydrogen-bond donors (Lipinski definition) is 2. The van der Waals surface area contributed by atoms with Crippen molar-refractivity contribution in [2.75, 3.05) is 32.1 Å². The molecule has 2 fully saturated rings. The summed E-state index contributed by atoms with van der Waals surface area (Å²) in [7, 11) is 1.63. The zero-order chi connectivity index (χ0) is 21.5. The lowest BCUT2D eigenvalue weighted by Crippen LogP contribution is -2.59. The van der Waals surface area contributed by atoms with Crippen molar-refractivity contribution in [2.45, 2.75) is 36.9 Å². The van der Waals surface area contributed by atoms with Crippen molar-refractivity contribution >= 4 is 17.5 Å². The molecule has 7 nitrogen and oxygen atoms in total. The number of nitrogens with zero attached hydrogens (tertiary/aromatic N) is 1. The second-order valence-corrected chi connectivity index (χ2v) is 8.76. The predicted molar refractivity (Wildman–Crippen MR) is 116 cm³/mol. The van der Waals surface area contributed by atoms with Crippen LogP contribution in [0.25, 0.3) is 0 Å². The van der Waals surface area contributed by atoms with Gasteiger partial charge < -0.3 is 25.0 Å². The summed E-state index contributed by atoms with van der Waals surface area (Å²) in [6.07, 6.45) is 2.58. The molecule has 0 aromatic heterocycles. The number of benzene rings is 2. The van der Waals surface area contributed by atoms with E-state index in [2.05, 4.69) is 10.6 Å². The average molecular weight is 421 g/mol. The van der Waals surface area contributed by atoms with E-state index in [4.69, 9.17) is 9.47 Å². The summed E-state index contributed by atoms with van der Waals surface area (Å²) in [6.45, 7) is 1.73. The summed E-state index contributed by atoms with van der Waals surface area (Å²) in [5.41, 5.74) is 1.55. The molecule has 3 aliphatic rings. The van der Waals surface area contributed by atoms with Crippen LogP contribution in [0.5, 0.6) is 5.75 Å². The van der Waals surface area contributed by atoms with Gasteiger partial charge in [-0.15, -0.1) is 0 Å². The van der Waals surface area contributed by atoms with E-state index in [1.807, 2.05) is 53.4 Å². The summed E-state index contributed by atoms with van der Waals surface area (Å²) in [5.74, 6) is 0.811. The molecule has 31 heavy (non-hydrogen) atoms. The molecular formula is C24H27N3O4. The van der Waals surface area contributed by atoms with Gasteiger partial charge in [0.1, 0.15) is 11.4 Å². The van der Waals surface area contributed by atoms with Crippen molar-refractivity contribution in [2.24, 2.45) is 0 Å². The van der Waals surface area contributed by atoms with E-state index in [0.29, 0.717) is 38.1 Å². The zero-order valence-electron chi connectivity index (χ0n) is 17.6. The molecule has 5 rings (SSSR count). The van der Waals surface area contributed by atoms with Crippen molar-refractivity contribution in [3.8, 4) is 5.75 Å². The smallest absolute Gasteiger partial charge is 0.255 e. The highest BCUT2D eigenvalue weighted by atomic mass is 16.5. The van der Waals surface area contributed by atoms with Gasteiger partial charge in [0.25, 0.3) is 5.91 Å². The zero-order valence-corrected chi connectivity index (χ0v) is 17.6. The first-order chi connectivity index (χ1) is 15.0. The maximum absolute atomic E-state index is 12.8. The molecule has 0 bridgehead atoms. The van der Waals surface area contributed by atoms with Gasteiger partial charge in [-0.1, -0.05) is 24.3 Å². The summed E-state index contributed by atoms with van der Waals surface area (Å²) >= 11 is 0. The molecule has 0 unspecified atom stereocenters. The molecule has 2 saturated heterocycles. The van der Waals surface area contributed by atoms with E-state index in [9.17, 15) is 9.59 Å². The number of methoxy groups -OCH3 is 1. The van der Waals surface area contributed by atoms with Gasteiger partial charge in [-0.3, -0.25) is 9.59 Å². The predicted octanol–water partition coefficient (Wildman–Crippen LogP) is 2.57. The van der Waals surface area contributed by atoms with E-state index in [0.717, 1.165) is 29.8 Å². The molecule has 2 aromatic rings. The van der Waals surface area contributed by atoms with Crippen LogP contribution in [-0.4, -0.2) is 54.8 Å². The number of fused-ring (bicyclic) bond motifs is 1. The molecule has 2 N–H and O–H groups in total. The van der Waals surface area contributed by atoms with Gasteiger partial charge in [-0.2, -0.15) is 0 Å². The summed E-state index contributed by atoms with van der Waals surface area (Å²) in [4.78, 5) is 27.3. The number of nitrogens with one attached hydrogen (secondary N) is 2. The molecule has 7 heteroatoms. The maximum Gasteiger partial charge on any atom is 0.255 e. The first-order valence-electron chi connectivity index (χ1n) is 10.7. The second kappa shape index (κ2) is 7.57. The van der Waals surface area contributed by atoms with Gasteiger partial charge in [0.2, 0.25) is 5.91 Å². The third-order valence-corrected chi connectivity index (χ3v) is 6.66. The highest BCUT2D eigenvalue weighted by Gasteiger charge is 2.53. The van der Waals surface area contributed by atoms with E-state index in [-0.39, 0.29) is 17.4 Å². The van der Waals surface area contributed by atoms with Crippen molar-refractivity contribution in [1.29, 1.82) is 0 Å². The number of anilines is 1. The topological polar surface area (TPSA) is 79.9 Å². The lowest BCUT2D eigenvalue weighted by atomic mass is 9.84. The van der Waals surface area contributed by atoms with E-state index in [1.165, 1.54) is 0 Å². The van der Waals surface area contributed by atoms with E-state index >= 15 is 0 Å². The van der Waals surface area contributed by atoms with Crippen LogP contribution in [0.2, 0.25) is 0 Å². The number of hydrogen-bond acceptors (Lipinski definition) is 5. The van der Waals surface area contributed by atoms with Crippen molar-refractivity contribution < 1.29 is 19.1 Å². The number of ether oxygens (including phenoxy) is 2. The first kappa shape index (κ1) is 19.9. The Hall–Kier alpha value is -3.06.